The summed E-state index contributed by atoms with van der Waals surface area (Å²) in [4.78, 5) is 23.5. The van der Waals surface area contributed by atoms with Crippen molar-refractivity contribution in [1.29, 1.82) is 0 Å². The third kappa shape index (κ3) is 2.37. The van der Waals surface area contributed by atoms with E-state index in [4.69, 9.17) is 4.74 Å². The van der Waals surface area contributed by atoms with Gasteiger partial charge in [0.1, 0.15) is 0 Å². The van der Waals surface area contributed by atoms with E-state index < -0.39 is 47.6 Å². The van der Waals surface area contributed by atoms with Gasteiger partial charge in [-0.15, -0.1) is 0 Å². The SMILES string of the molecule is O=C(O)[C@@H]1[C@@H](C(=O)Nc2ccc(F)c(F)c2)[C@H]2CC[C@@H]1O2. The van der Waals surface area contributed by atoms with Crippen LogP contribution in [0.25, 0.3) is 0 Å². The van der Waals surface area contributed by atoms with Crippen molar-refractivity contribution in [3.8, 4) is 0 Å². The van der Waals surface area contributed by atoms with Crippen molar-refractivity contribution in [2.45, 2.75) is 25.0 Å². The predicted octanol–water partition coefficient (Wildman–Crippen LogP) is 1.78. The molecule has 5 nitrogen and oxygen atoms in total. The maximum Gasteiger partial charge on any atom is 0.310 e. The second-order valence-electron chi connectivity index (χ2n) is 5.30. The van der Waals surface area contributed by atoms with Crippen LogP contribution in [-0.4, -0.2) is 29.2 Å². The summed E-state index contributed by atoms with van der Waals surface area (Å²) >= 11 is 0. The fraction of sp³-hybridized carbons (Fsp3) is 0.429. The fourth-order valence-electron chi connectivity index (χ4n) is 3.12. The van der Waals surface area contributed by atoms with Gasteiger partial charge in [-0.2, -0.15) is 0 Å². The third-order valence-corrected chi connectivity index (χ3v) is 4.05. The Labute approximate surface area is 118 Å². The minimum Gasteiger partial charge on any atom is -0.481 e. The number of ether oxygens (including phenoxy) is 1. The molecule has 7 heteroatoms. The number of carboxylic acids is 1. The Hall–Kier alpha value is -2.02. The summed E-state index contributed by atoms with van der Waals surface area (Å²) < 4.78 is 31.4. The second-order valence-corrected chi connectivity index (χ2v) is 5.30. The van der Waals surface area contributed by atoms with E-state index in [1.807, 2.05) is 0 Å². The largest absolute Gasteiger partial charge is 0.481 e. The van der Waals surface area contributed by atoms with E-state index in [1.165, 1.54) is 6.07 Å². The molecule has 0 spiro atoms. The normalized spacial score (nSPS) is 30.4. The van der Waals surface area contributed by atoms with Crippen LogP contribution < -0.4 is 5.32 Å². The zero-order valence-corrected chi connectivity index (χ0v) is 10.9. The molecule has 2 heterocycles. The molecule has 21 heavy (non-hydrogen) atoms. The van der Waals surface area contributed by atoms with Gasteiger partial charge in [-0.1, -0.05) is 0 Å². The van der Waals surface area contributed by atoms with Gasteiger partial charge in [0.25, 0.3) is 0 Å². The number of benzene rings is 1. The molecule has 2 saturated heterocycles. The lowest BCUT2D eigenvalue weighted by molar-refractivity contribution is -0.147. The Morgan fingerprint density at radius 1 is 1.14 bits per heavy atom. The number of carbonyl (C=O) groups excluding carboxylic acids is 1. The first-order chi connectivity index (χ1) is 9.97. The molecule has 2 N–H and O–H groups in total. The number of fused-ring (bicyclic) bond motifs is 2. The second kappa shape index (κ2) is 5.07. The highest BCUT2D eigenvalue weighted by molar-refractivity contribution is 5.96. The molecular formula is C14H13F2NO4. The molecule has 3 rings (SSSR count). The zero-order valence-electron chi connectivity index (χ0n) is 10.9. The van der Waals surface area contributed by atoms with Crippen molar-refractivity contribution >= 4 is 17.6 Å². The smallest absolute Gasteiger partial charge is 0.310 e. The van der Waals surface area contributed by atoms with E-state index in [-0.39, 0.29) is 5.69 Å². The third-order valence-electron chi connectivity index (χ3n) is 4.05. The van der Waals surface area contributed by atoms with Crippen LogP contribution in [0.15, 0.2) is 18.2 Å². The standard InChI is InChI=1S/C14H13F2NO4/c15-7-2-1-6(5-8(7)16)17-13(18)11-9-3-4-10(21-9)12(11)14(19)20/h1-2,5,9-12H,3-4H2,(H,17,18)(H,19,20)/t9-,10+,11+,12+/m1/s1. The van der Waals surface area contributed by atoms with Crippen LogP contribution in [0.3, 0.4) is 0 Å². The van der Waals surface area contributed by atoms with Gasteiger partial charge in [0.15, 0.2) is 11.6 Å². The Bertz CT molecular complexity index is 607. The van der Waals surface area contributed by atoms with Crippen molar-refractivity contribution in [3.05, 3.63) is 29.8 Å². The minimum absolute atomic E-state index is 0.0887. The van der Waals surface area contributed by atoms with Crippen LogP contribution in [0, 0.1) is 23.5 Å². The van der Waals surface area contributed by atoms with Crippen LogP contribution in [-0.2, 0) is 14.3 Å². The number of amides is 1. The van der Waals surface area contributed by atoms with E-state index >= 15 is 0 Å². The van der Waals surface area contributed by atoms with Gasteiger partial charge in [-0.3, -0.25) is 9.59 Å². The number of nitrogens with one attached hydrogen (secondary N) is 1. The molecule has 0 radical (unpaired) electrons. The highest BCUT2D eigenvalue weighted by Gasteiger charge is 2.55. The van der Waals surface area contributed by atoms with Crippen molar-refractivity contribution in [2.75, 3.05) is 5.32 Å². The number of aliphatic carboxylic acids is 1. The lowest BCUT2D eigenvalue weighted by Gasteiger charge is -2.23. The van der Waals surface area contributed by atoms with Crippen molar-refractivity contribution in [1.82, 2.24) is 0 Å². The van der Waals surface area contributed by atoms with Crippen molar-refractivity contribution in [2.24, 2.45) is 11.8 Å². The Morgan fingerprint density at radius 2 is 1.81 bits per heavy atom. The maximum absolute atomic E-state index is 13.1. The first-order valence-electron chi connectivity index (χ1n) is 6.61. The average molecular weight is 297 g/mol. The molecule has 0 aromatic heterocycles. The van der Waals surface area contributed by atoms with Crippen LogP contribution >= 0.6 is 0 Å². The Kier molecular flexibility index (Phi) is 3.36. The van der Waals surface area contributed by atoms with E-state index in [0.29, 0.717) is 12.8 Å². The van der Waals surface area contributed by atoms with E-state index in [2.05, 4.69) is 5.32 Å². The maximum atomic E-state index is 13.1. The summed E-state index contributed by atoms with van der Waals surface area (Å²) in [6, 6.07) is 2.98. The molecule has 1 amide bonds. The van der Waals surface area contributed by atoms with Gasteiger partial charge in [-0.25, -0.2) is 8.78 Å². The number of halogens is 2. The number of anilines is 1. The quantitative estimate of drug-likeness (QED) is 0.891. The number of rotatable bonds is 3. The molecular weight excluding hydrogens is 284 g/mol. The summed E-state index contributed by atoms with van der Waals surface area (Å²) in [6.45, 7) is 0. The highest BCUT2D eigenvalue weighted by Crippen LogP contribution is 2.44. The van der Waals surface area contributed by atoms with Gasteiger partial charge in [-0.05, 0) is 25.0 Å². The molecule has 0 unspecified atom stereocenters. The molecule has 0 saturated carbocycles. The molecule has 2 bridgehead atoms. The van der Waals surface area contributed by atoms with E-state index in [1.54, 1.807) is 0 Å². The van der Waals surface area contributed by atoms with Crippen molar-refractivity contribution < 1.29 is 28.2 Å². The summed E-state index contributed by atoms with van der Waals surface area (Å²) in [5.41, 5.74) is 0.0887. The van der Waals surface area contributed by atoms with Crippen molar-refractivity contribution in [3.63, 3.8) is 0 Å². The topological polar surface area (TPSA) is 75.6 Å². The molecule has 2 aliphatic heterocycles. The van der Waals surface area contributed by atoms with Gasteiger partial charge in [0.05, 0.1) is 24.0 Å². The van der Waals surface area contributed by atoms with Crippen LogP contribution in [0.1, 0.15) is 12.8 Å². The number of carbonyl (C=O) groups is 2. The molecule has 1 aromatic carbocycles. The monoisotopic (exact) mass is 297 g/mol. The van der Waals surface area contributed by atoms with E-state index in [0.717, 1.165) is 12.1 Å². The predicted molar refractivity (Wildman–Crippen MR) is 67.5 cm³/mol. The molecule has 2 aliphatic rings. The summed E-state index contributed by atoms with van der Waals surface area (Å²) in [5.74, 6) is -5.41. The highest BCUT2D eigenvalue weighted by atomic mass is 19.2. The Balaban J connectivity index is 1.78. The summed E-state index contributed by atoms with van der Waals surface area (Å²) in [5, 5.41) is 11.7. The van der Waals surface area contributed by atoms with Gasteiger partial charge in [0, 0.05) is 11.8 Å². The summed E-state index contributed by atoms with van der Waals surface area (Å²) in [6.07, 6.45) is 0.371. The van der Waals surface area contributed by atoms with Crippen LogP contribution in [0.4, 0.5) is 14.5 Å². The molecule has 2 fully saturated rings. The number of carboxylic acid groups (broad SMARTS) is 1. The number of hydrogen-bond donors (Lipinski definition) is 2. The first kappa shape index (κ1) is 13.9. The molecule has 1 aromatic rings. The molecule has 112 valence electrons. The van der Waals surface area contributed by atoms with Crippen LogP contribution in [0.2, 0.25) is 0 Å². The average Bonchev–Trinajstić information content (AvgIpc) is 3.03. The van der Waals surface area contributed by atoms with E-state index in [9.17, 15) is 23.5 Å². The summed E-state index contributed by atoms with van der Waals surface area (Å²) in [7, 11) is 0. The lowest BCUT2D eigenvalue weighted by atomic mass is 9.78. The van der Waals surface area contributed by atoms with Gasteiger partial charge >= 0.3 is 5.97 Å². The van der Waals surface area contributed by atoms with Crippen LogP contribution in [0.5, 0.6) is 0 Å². The van der Waals surface area contributed by atoms with Gasteiger partial charge < -0.3 is 15.2 Å². The first-order valence-corrected chi connectivity index (χ1v) is 6.61. The number of hydrogen-bond acceptors (Lipinski definition) is 3. The minimum atomic E-state index is -1.08. The lowest BCUT2D eigenvalue weighted by Crippen LogP contribution is -2.40. The molecule has 4 atom stereocenters. The Morgan fingerprint density at radius 3 is 2.43 bits per heavy atom. The fourth-order valence-corrected chi connectivity index (χ4v) is 3.12. The van der Waals surface area contributed by atoms with Gasteiger partial charge in [0.2, 0.25) is 5.91 Å². The zero-order chi connectivity index (χ0) is 15.1. The molecule has 0 aliphatic carbocycles.